The first-order valence-electron chi connectivity index (χ1n) is 9.43. The Morgan fingerprint density at radius 1 is 1.20 bits per heavy atom. The fraction of sp³-hybridized carbons (Fsp3) is 0.524. The van der Waals surface area contributed by atoms with Crippen LogP contribution >= 0.6 is 23.5 Å². The summed E-state index contributed by atoms with van der Waals surface area (Å²) in [4.78, 5) is 42.1. The Bertz CT molecular complexity index is 838. The zero-order chi connectivity index (χ0) is 22.6. The van der Waals surface area contributed by atoms with Crippen LogP contribution in [0.15, 0.2) is 35.3 Å². The van der Waals surface area contributed by atoms with Gasteiger partial charge in [0.05, 0.1) is 12.2 Å². The lowest BCUT2D eigenvalue weighted by molar-refractivity contribution is -0.146. The maximum atomic E-state index is 13.0. The third-order valence-corrected chi connectivity index (χ3v) is 6.93. The molecule has 1 aliphatic rings. The second-order valence-corrected chi connectivity index (χ2v) is 10.3. The molecule has 7 nitrogen and oxygen atoms in total. The van der Waals surface area contributed by atoms with E-state index in [9.17, 15) is 14.4 Å². The van der Waals surface area contributed by atoms with Crippen molar-refractivity contribution in [3.8, 4) is 0 Å². The summed E-state index contributed by atoms with van der Waals surface area (Å²) in [5, 5.41) is 3.18. The number of ether oxygens (including phenoxy) is 2. The lowest BCUT2D eigenvalue weighted by atomic mass is 10.1. The van der Waals surface area contributed by atoms with Crippen molar-refractivity contribution in [3.63, 3.8) is 0 Å². The fourth-order valence-corrected chi connectivity index (χ4v) is 4.91. The number of nitrogens with one attached hydrogen (secondary N) is 1. The number of carbonyl (C=O) groups excluding carboxylic acids is 3. The lowest BCUT2D eigenvalue weighted by Gasteiger charge is -2.30. The second-order valence-electron chi connectivity index (χ2n) is 8.37. The van der Waals surface area contributed by atoms with E-state index in [-0.39, 0.29) is 10.9 Å². The highest BCUT2D eigenvalue weighted by atomic mass is 32.2. The van der Waals surface area contributed by atoms with Crippen molar-refractivity contribution >= 4 is 45.7 Å². The number of hydrogen-bond donors (Lipinski definition) is 1. The van der Waals surface area contributed by atoms with Crippen LogP contribution in [0.4, 0.5) is 4.79 Å². The maximum Gasteiger partial charge on any atom is 0.408 e. The summed E-state index contributed by atoms with van der Waals surface area (Å²) >= 11 is 2.48. The molecule has 0 bridgehead atoms. The van der Waals surface area contributed by atoms with E-state index in [0.717, 1.165) is 22.4 Å². The van der Waals surface area contributed by atoms with Gasteiger partial charge in [-0.25, -0.2) is 9.59 Å². The molecule has 0 spiro atoms. The van der Waals surface area contributed by atoms with Crippen LogP contribution in [0.5, 0.6) is 0 Å². The Morgan fingerprint density at radius 2 is 1.83 bits per heavy atom. The number of amides is 1. The number of rotatable bonds is 6. The van der Waals surface area contributed by atoms with Crippen molar-refractivity contribution in [2.24, 2.45) is 4.99 Å². The van der Waals surface area contributed by atoms with E-state index in [1.165, 1.54) is 25.8 Å². The third-order valence-electron chi connectivity index (χ3n) is 4.20. The molecule has 1 N–H and O–H groups in total. The zero-order valence-corrected chi connectivity index (χ0v) is 19.7. The topological polar surface area (TPSA) is 94.1 Å². The van der Waals surface area contributed by atoms with E-state index in [2.05, 4.69) is 10.3 Å². The van der Waals surface area contributed by atoms with Gasteiger partial charge in [0, 0.05) is 17.1 Å². The minimum absolute atomic E-state index is 0.00576. The van der Waals surface area contributed by atoms with Crippen LogP contribution in [0.3, 0.4) is 0 Å². The highest BCUT2D eigenvalue weighted by Gasteiger charge is 2.43. The van der Waals surface area contributed by atoms with Crippen molar-refractivity contribution in [1.82, 2.24) is 5.32 Å². The number of esters is 1. The van der Waals surface area contributed by atoms with Gasteiger partial charge in [0.1, 0.15) is 16.7 Å². The molecular weight excluding hydrogens is 424 g/mol. The minimum atomic E-state index is -1.43. The highest BCUT2D eigenvalue weighted by molar-refractivity contribution is 8.16. The molecule has 1 aromatic carbocycles. The van der Waals surface area contributed by atoms with E-state index in [1.54, 1.807) is 27.7 Å². The number of alkyl carbamates (subject to hydrolysis) is 1. The average Bonchev–Trinajstić information content (AvgIpc) is 3.08. The van der Waals surface area contributed by atoms with E-state index in [0.29, 0.717) is 5.75 Å². The summed E-state index contributed by atoms with van der Waals surface area (Å²) in [5.41, 5.74) is -2.09. The normalized spacial score (nSPS) is 20.7. The second kappa shape index (κ2) is 9.43. The van der Waals surface area contributed by atoms with Crippen LogP contribution in [0, 0.1) is 0 Å². The quantitative estimate of drug-likeness (QED) is 0.658. The number of methoxy groups -OCH3 is 1. The Morgan fingerprint density at radius 3 is 2.40 bits per heavy atom. The maximum absolute atomic E-state index is 13.0. The smallest absolute Gasteiger partial charge is 0.408 e. The molecule has 1 heterocycles. The summed E-state index contributed by atoms with van der Waals surface area (Å²) in [7, 11) is 1.23. The van der Waals surface area contributed by atoms with Gasteiger partial charge in [0.2, 0.25) is 5.12 Å². The van der Waals surface area contributed by atoms with Crippen molar-refractivity contribution in [1.29, 1.82) is 0 Å². The molecule has 1 aromatic rings. The van der Waals surface area contributed by atoms with Gasteiger partial charge >= 0.3 is 12.1 Å². The summed E-state index contributed by atoms with van der Waals surface area (Å²) in [6.07, 6.45) is -0.754. The molecule has 2 rings (SSSR count). The predicted octanol–water partition coefficient (Wildman–Crippen LogP) is 3.65. The predicted molar refractivity (Wildman–Crippen MR) is 121 cm³/mol. The molecule has 1 aliphatic heterocycles. The van der Waals surface area contributed by atoms with Crippen LogP contribution < -0.4 is 5.32 Å². The largest absolute Gasteiger partial charge is 0.467 e. The molecule has 0 aliphatic carbocycles. The molecule has 0 radical (unpaired) electrons. The molecule has 30 heavy (non-hydrogen) atoms. The van der Waals surface area contributed by atoms with Crippen molar-refractivity contribution in [2.75, 3.05) is 18.6 Å². The van der Waals surface area contributed by atoms with Gasteiger partial charge < -0.3 is 14.8 Å². The number of nitrogens with zero attached hydrogens (tertiary/aromatic N) is 1. The van der Waals surface area contributed by atoms with Gasteiger partial charge in [-0.2, -0.15) is 0 Å². The Hall–Kier alpha value is -2.00. The SMILES string of the molecule is COC(=O)[C@](C)(CSC(=O)[C@]1(C)CSC(c2ccccc2)=N1)NC(=O)OC(C)(C)C. The zero-order valence-electron chi connectivity index (χ0n) is 18.1. The van der Waals surface area contributed by atoms with Crippen molar-refractivity contribution in [3.05, 3.63) is 35.9 Å². The summed E-state index contributed by atoms with van der Waals surface area (Å²) in [5.74, 6) is -0.154. The molecule has 0 unspecified atom stereocenters. The monoisotopic (exact) mass is 452 g/mol. The third kappa shape index (κ3) is 6.25. The summed E-state index contributed by atoms with van der Waals surface area (Å²) in [6, 6.07) is 9.68. The van der Waals surface area contributed by atoms with Crippen molar-refractivity contribution in [2.45, 2.75) is 51.3 Å². The van der Waals surface area contributed by atoms with Crippen LogP contribution in [0.1, 0.15) is 40.2 Å². The highest BCUT2D eigenvalue weighted by Crippen LogP contribution is 2.35. The number of carbonyl (C=O) groups is 3. The van der Waals surface area contributed by atoms with E-state index < -0.39 is 28.7 Å². The van der Waals surface area contributed by atoms with E-state index in [4.69, 9.17) is 9.47 Å². The fourth-order valence-electron chi connectivity index (χ4n) is 2.60. The van der Waals surface area contributed by atoms with Gasteiger partial charge in [-0.15, -0.1) is 11.8 Å². The lowest BCUT2D eigenvalue weighted by Crippen LogP contribution is -2.56. The van der Waals surface area contributed by atoms with Gasteiger partial charge in [0.25, 0.3) is 0 Å². The van der Waals surface area contributed by atoms with Crippen LogP contribution in [0.2, 0.25) is 0 Å². The first kappa shape index (κ1) is 24.3. The van der Waals surface area contributed by atoms with Crippen molar-refractivity contribution < 1.29 is 23.9 Å². The molecule has 1 amide bonds. The standard InChI is InChI=1S/C21H28N2O5S2/c1-19(2,3)28-18(26)23-20(4,16(24)27-6)12-30-17(25)21(5)13-29-15(22-21)14-10-8-7-9-11-14/h7-11H,12-13H2,1-6H3,(H,23,26)/t20-,21-/m0/s1. The van der Waals surface area contributed by atoms with E-state index >= 15 is 0 Å². The molecule has 0 saturated carbocycles. The Labute approximate surface area is 185 Å². The number of hydrogen-bond acceptors (Lipinski definition) is 8. The summed E-state index contributed by atoms with van der Waals surface area (Å²) in [6.45, 7) is 8.46. The van der Waals surface area contributed by atoms with Gasteiger partial charge in [-0.05, 0) is 34.6 Å². The first-order chi connectivity index (χ1) is 13.9. The number of aliphatic imine (C=N–C) groups is 1. The molecule has 9 heteroatoms. The number of thioether (sulfide) groups is 2. The first-order valence-corrected chi connectivity index (χ1v) is 11.4. The van der Waals surface area contributed by atoms with Gasteiger partial charge in [0.15, 0.2) is 0 Å². The molecule has 164 valence electrons. The summed E-state index contributed by atoms with van der Waals surface area (Å²) < 4.78 is 10.1. The molecule has 2 atom stereocenters. The number of benzene rings is 1. The van der Waals surface area contributed by atoms with Gasteiger partial charge in [-0.3, -0.25) is 9.79 Å². The molecule has 0 saturated heterocycles. The Kier molecular flexibility index (Phi) is 7.63. The minimum Gasteiger partial charge on any atom is -0.467 e. The Balaban J connectivity index is 2.09. The molecular formula is C21H28N2O5S2. The van der Waals surface area contributed by atoms with Gasteiger partial charge in [-0.1, -0.05) is 42.1 Å². The van der Waals surface area contributed by atoms with Crippen LogP contribution in [-0.4, -0.2) is 57.5 Å². The average molecular weight is 453 g/mol. The van der Waals surface area contributed by atoms with Crippen LogP contribution in [-0.2, 0) is 19.1 Å². The van der Waals surface area contributed by atoms with Crippen LogP contribution in [0.25, 0.3) is 0 Å². The molecule has 0 fully saturated rings. The van der Waals surface area contributed by atoms with E-state index in [1.807, 2.05) is 30.3 Å². The molecule has 0 aromatic heterocycles.